The molecule has 0 aliphatic carbocycles. The summed E-state index contributed by atoms with van der Waals surface area (Å²) in [6.07, 6.45) is 0. The molecular weight excluding hydrogens is 243 g/mol. The first-order chi connectivity index (χ1) is 9.15. The Hall–Kier alpha value is -2.49. The molecule has 19 heavy (non-hydrogen) atoms. The minimum atomic E-state index is -0.301. The lowest BCUT2D eigenvalue weighted by atomic mass is 10.1. The van der Waals surface area contributed by atoms with Gasteiger partial charge in [0.1, 0.15) is 11.6 Å². The summed E-state index contributed by atoms with van der Waals surface area (Å²) in [5, 5.41) is 0.547. The molecule has 3 rings (SSSR count). The van der Waals surface area contributed by atoms with E-state index >= 15 is 0 Å². The third-order valence-electron chi connectivity index (χ3n) is 3.06. The van der Waals surface area contributed by atoms with Crippen LogP contribution in [0.25, 0.3) is 22.3 Å². The van der Waals surface area contributed by atoms with Crippen LogP contribution in [-0.4, -0.2) is 9.97 Å². The van der Waals surface area contributed by atoms with Crippen LogP contribution in [0.15, 0.2) is 47.3 Å². The number of rotatable bonds is 1. The fourth-order valence-corrected chi connectivity index (χ4v) is 2.11. The molecule has 0 spiro atoms. The van der Waals surface area contributed by atoms with E-state index in [2.05, 4.69) is 9.97 Å². The number of H-pyrrole nitrogens is 1. The van der Waals surface area contributed by atoms with Gasteiger partial charge in [-0.2, -0.15) is 0 Å². The van der Waals surface area contributed by atoms with Crippen molar-refractivity contribution in [1.82, 2.24) is 9.97 Å². The second-order valence-corrected chi connectivity index (χ2v) is 4.39. The summed E-state index contributed by atoms with van der Waals surface area (Å²) < 4.78 is 13.1. The van der Waals surface area contributed by atoms with E-state index in [4.69, 9.17) is 0 Å². The van der Waals surface area contributed by atoms with Crippen LogP contribution in [0.4, 0.5) is 4.39 Å². The van der Waals surface area contributed by atoms with Crippen molar-refractivity contribution in [3.63, 3.8) is 0 Å². The number of aryl methyl sites for hydroxylation is 1. The van der Waals surface area contributed by atoms with Gasteiger partial charge in [0.25, 0.3) is 5.56 Å². The normalized spacial score (nSPS) is 10.8. The summed E-state index contributed by atoms with van der Waals surface area (Å²) >= 11 is 0. The number of hydrogen-bond acceptors (Lipinski definition) is 2. The fraction of sp³-hybridized carbons (Fsp3) is 0.0667. The highest BCUT2D eigenvalue weighted by molar-refractivity contribution is 5.79. The molecule has 0 atom stereocenters. The van der Waals surface area contributed by atoms with E-state index in [9.17, 15) is 9.18 Å². The van der Waals surface area contributed by atoms with Crippen molar-refractivity contribution in [2.75, 3.05) is 0 Å². The minimum Gasteiger partial charge on any atom is -0.306 e. The zero-order chi connectivity index (χ0) is 13.4. The van der Waals surface area contributed by atoms with E-state index in [0.29, 0.717) is 16.7 Å². The number of nitrogens with zero attached hydrogens (tertiary/aromatic N) is 1. The first-order valence-corrected chi connectivity index (χ1v) is 5.91. The lowest BCUT2D eigenvalue weighted by molar-refractivity contribution is 0.627. The average Bonchev–Trinajstić information content (AvgIpc) is 2.38. The number of nitrogens with one attached hydrogen (secondary N) is 1. The van der Waals surface area contributed by atoms with E-state index in [1.165, 1.54) is 12.1 Å². The first kappa shape index (κ1) is 11.6. The molecule has 1 heterocycles. The van der Waals surface area contributed by atoms with Crippen molar-refractivity contribution < 1.29 is 4.39 Å². The van der Waals surface area contributed by atoms with Gasteiger partial charge in [-0.05, 0) is 42.8 Å². The summed E-state index contributed by atoms with van der Waals surface area (Å²) in [6.45, 7) is 1.79. The molecule has 3 aromatic rings. The molecule has 1 N–H and O–H groups in total. The Morgan fingerprint density at radius 3 is 2.74 bits per heavy atom. The molecule has 0 saturated heterocycles. The van der Waals surface area contributed by atoms with Crippen LogP contribution in [0.1, 0.15) is 5.56 Å². The van der Waals surface area contributed by atoms with Crippen molar-refractivity contribution in [2.24, 2.45) is 0 Å². The van der Waals surface area contributed by atoms with Crippen molar-refractivity contribution in [3.8, 4) is 11.4 Å². The number of benzene rings is 2. The molecule has 0 unspecified atom stereocenters. The molecule has 0 amide bonds. The average molecular weight is 254 g/mol. The predicted molar refractivity (Wildman–Crippen MR) is 72.5 cm³/mol. The summed E-state index contributed by atoms with van der Waals surface area (Å²) in [6, 6.07) is 11.5. The zero-order valence-electron chi connectivity index (χ0n) is 10.3. The highest BCUT2D eigenvalue weighted by Gasteiger charge is 2.08. The highest BCUT2D eigenvalue weighted by atomic mass is 19.1. The molecule has 4 heteroatoms. The molecular formula is C15H11FN2O. The van der Waals surface area contributed by atoms with Gasteiger partial charge in [-0.1, -0.05) is 12.1 Å². The third kappa shape index (κ3) is 2.01. The van der Waals surface area contributed by atoms with Gasteiger partial charge in [0.05, 0.1) is 10.9 Å². The monoisotopic (exact) mass is 254 g/mol. The molecule has 0 saturated carbocycles. The van der Waals surface area contributed by atoms with Gasteiger partial charge >= 0.3 is 0 Å². The number of aromatic amines is 1. The molecule has 0 radical (unpaired) electrons. The number of fused-ring (bicyclic) bond motifs is 1. The molecule has 1 aromatic heterocycles. The molecule has 0 fully saturated rings. The summed E-state index contributed by atoms with van der Waals surface area (Å²) in [7, 11) is 0. The summed E-state index contributed by atoms with van der Waals surface area (Å²) in [5.41, 5.74) is 1.90. The van der Waals surface area contributed by atoms with Gasteiger partial charge < -0.3 is 4.98 Å². The topological polar surface area (TPSA) is 45.8 Å². The van der Waals surface area contributed by atoms with Crippen LogP contribution in [0.2, 0.25) is 0 Å². The van der Waals surface area contributed by atoms with Gasteiger partial charge in [-0.3, -0.25) is 4.79 Å². The number of hydrogen-bond donors (Lipinski definition) is 1. The van der Waals surface area contributed by atoms with Gasteiger partial charge in [0.15, 0.2) is 0 Å². The SMILES string of the molecule is Cc1cc(F)ccc1-c1nc2ccccc2c(=O)[nH]1. The Kier molecular flexibility index (Phi) is 2.63. The Labute approximate surface area is 108 Å². The molecule has 3 nitrogen and oxygen atoms in total. The summed E-state index contributed by atoms with van der Waals surface area (Å²) in [5.74, 6) is 0.158. The Morgan fingerprint density at radius 1 is 1.16 bits per heavy atom. The Bertz CT molecular complexity index is 824. The van der Waals surface area contributed by atoms with Crippen molar-refractivity contribution >= 4 is 10.9 Å². The van der Waals surface area contributed by atoms with Gasteiger partial charge in [-0.15, -0.1) is 0 Å². The number of halogens is 1. The van der Waals surface area contributed by atoms with E-state index in [1.54, 1.807) is 31.2 Å². The van der Waals surface area contributed by atoms with Crippen LogP contribution in [0, 0.1) is 12.7 Å². The maximum atomic E-state index is 13.1. The molecule has 0 bridgehead atoms. The lowest BCUT2D eigenvalue weighted by Gasteiger charge is -2.06. The minimum absolute atomic E-state index is 0.190. The Balaban J connectivity index is 2.28. The van der Waals surface area contributed by atoms with E-state index in [-0.39, 0.29) is 11.4 Å². The maximum Gasteiger partial charge on any atom is 0.259 e. The molecule has 0 aliphatic heterocycles. The third-order valence-corrected chi connectivity index (χ3v) is 3.06. The maximum absolute atomic E-state index is 13.1. The van der Waals surface area contributed by atoms with E-state index < -0.39 is 0 Å². The van der Waals surface area contributed by atoms with E-state index in [0.717, 1.165) is 11.1 Å². The lowest BCUT2D eigenvalue weighted by Crippen LogP contribution is -2.09. The summed E-state index contributed by atoms with van der Waals surface area (Å²) in [4.78, 5) is 19.1. The quantitative estimate of drug-likeness (QED) is 0.725. The second kappa shape index (κ2) is 4.31. The van der Waals surface area contributed by atoms with Crippen LogP contribution in [-0.2, 0) is 0 Å². The van der Waals surface area contributed by atoms with Gasteiger partial charge in [0, 0.05) is 5.56 Å². The van der Waals surface area contributed by atoms with Crippen molar-refractivity contribution in [3.05, 3.63) is 64.2 Å². The van der Waals surface area contributed by atoms with Crippen LogP contribution in [0.5, 0.6) is 0 Å². The largest absolute Gasteiger partial charge is 0.306 e. The van der Waals surface area contributed by atoms with E-state index in [1.807, 2.05) is 6.07 Å². The van der Waals surface area contributed by atoms with Crippen molar-refractivity contribution in [1.29, 1.82) is 0 Å². The molecule has 2 aromatic carbocycles. The van der Waals surface area contributed by atoms with Crippen LogP contribution < -0.4 is 5.56 Å². The first-order valence-electron chi connectivity index (χ1n) is 5.91. The van der Waals surface area contributed by atoms with Crippen molar-refractivity contribution in [2.45, 2.75) is 6.92 Å². The molecule has 94 valence electrons. The Morgan fingerprint density at radius 2 is 1.95 bits per heavy atom. The number of para-hydroxylation sites is 1. The van der Waals surface area contributed by atoms with Crippen LogP contribution >= 0.6 is 0 Å². The molecule has 0 aliphatic rings. The second-order valence-electron chi connectivity index (χ2n) is 4.39. The van der Waals surface area contributed by atoms with Gasteiger partial charge in [0.2, 0.25) is 0 Å². The standard InChI is InChI=1S/C15H11FN2O/c1-9-8-10(16)6-7-11(9)14-17-13-5-3-2-4-12(13)15(19)18-14/h2-8H,1H3,(H,17,18,19). The smallest absolute Gasteiger partial charge is 0.259 e. The zero-order valence-corrected chi connectivity index (χ0v) is 10.3. The predicted octanol–water partition coefficient (Wildman–Crippen LogP) is 3.04. The van der Waals surface area contributed by atoms with Gasteiger partial charge in [-0.25, -0.2) is 9.37 Å². The number of aromatic nitrogens is 2. The highest BCUT2D eigenvalue weighted by Crippen LogP contribution is 2.21. The fourth-order valence-electron chi connectivity index (χ4n) is 2.11. The van der Waals surface area contributed by atoms with Crippen LogP contribution in [0.3, 0.4) is 0 Å².